The van der Waals surface area contributed by atoms with Gasteiger partial charge in [-0.05, 0) is 65.3 Å². The van der Waals surface area contributed by atoms with Gasteiger partial charge in [0.1, 0.15) is 5.76 Å². The normalized spacial score (nSPS) is 12.8. The smallest absolute Gasteiger partial charge is 0.152 e. The zero-order chi connectivity index (χ0) is 23.8. The Bertz CT molecular complexity index is 1710. The minimum Gasteiger partial charge on any atom is -0.460 e. The molecule has 172 valence electrons. The molecule has 0 spiro atoms. The number of furan rings is 1. The number of rotatable bonds is 3. The van der Waals surface area contributed by atoms with E-state index in [4.69, 9.17) is 9.40 Å². The van der Waals surface area contributed by atoms with E-state index in [2.05, 4.69) is 83.3 Å². The van der Waals surface area contributed by atoms with E-state index in [-0.39, 0.29) is 5.41 Å². The monoisotopic (exact) mass is 483 g/mol. The van der Waals surface area contributed by atoms with Crippen LogP contribution in [0, 0.1) is 12.8 Å². The van der Waals surface area contributed by atoms with Crippen LogP contribution in [0.25, 0.3) is 52.5 Å². The van der Waals surface area contributed by atoms with E-state index in [1.54, 1.807) is 0 Å². The second-order valence-corrected chi connectivity index (χ2v) is 12.8. The highest BCUT2D eigenvalue weighted by Crippen LogP contribution is 2.45. The van der Waals surface area contributed by atoms with Gasteiger partial charge in [0.25, 0.3) is 0 Å². The quantitative estimate of drug-likeness (QED) is 0.250. The van der Waals surface area contributed by atoms with Crippen molar-refractivity contribution >= 4 is 63.9 Å². The van der Waals surface area contributed by atoms with Gasteiger partial charge in [-0.15, -0.1) is 22.7 Å². The molecule has 0 amide bonds. The van der Waals surface area contributed by atoms with Crippen LogP contribution >= 0.6 is 22.7 Å². The maximum Gasteiger partial charge on any atom is 0.152 e. The maximum absolute atomic E-state index is 6.39. The molecule has 6 aromatic rings. The average Bonchev–Trinajstić information content (AvgIpc) is 3.47. The molecule has 0 aliphatic rings. The van der Waals surface area contributed by atoms with Crippen LogP contribution < -0.4 is 0 Å². The zero-order valence-electron chi connectivity index (χ0n) is 20.6. The summed E-state index contributed by atoms with van der Waals surface area (Å²) in [6.07, 6.45) is 2.99. The van der Waals surface area contributed by atoms with Gasteiger partial charge < -0.3 is 4.42 Å². The number of thiophene rings is 2. The summed E-state index contributed by atoms with van der Waals surface area (Å²) in [5.41, 5.74) is 6.08. The number of hydrogen-bond acceptors (Lipinski definition) is 4. The summed E-state index contributed by atoms with van der Waals surface area (Å²) in [6.45, 7) is 13.5. The van der Waals surface area contributed by atoms with Crippen LogP contribution in [0.1, 0.15) is 51.5 Å². The van der Waals surface area contributed by atoms with Gasteiger partial charge in [-0.3, -0.25) is 4.98 Å². The first kappa shape index (κ1) is 21.8. The first-order chi connectivity index (χ1) is 16.2. The number of aryl methyl sites for hydroxylation is 1. The van der Waals surface area contributed by atoms with E-state index in [1.165, 1.54) is 52.3 Å². The lowest BCUT2D eigenvalue weighted by Gasteiger charge is -2.21. The molecular weight excluding hydrogens is 454 g/mol. The van der Waals surface area contributed by atoms with Crippen LogP contribution in [-0.4, -0.2) is 4.98 Å². The van der Waals surface area contributed by atoms with Crippen molar-refractivity contribution in [1.82, 2.24) is 4.98 Å². The second kappa shape index (κ2) is 7.66. The topological polar surface area (TPSA) is 26.0 Å². The Labute approximate surface area is 208 Å². The summed E-state index contributed by atoms with van der Waals surface area (Å²) in [4.78, 5) is 4.94. The molecule has 0 aliphatic heterocycles. The molecule has 4 heterocycles. The lowest BCUT2D eigenvalue weighted by atomic mass is 9.85. The molecular formula is C30H29NOS2. The summed E-state index contributed by atoms with van der Waals surface area (Å²) in [7, 11) is 0. The van der Waals surface area contributed by atoms with Gasteiger partial charge in [0.15, 0.2) is 5.58 Å². The highest BCUT2D eigenvalue weighted by Gasteiger charge is 2.22. The van der Waals surface area contributed by atoms with E-state index >= 15 is 0 Å². The van der Waals surface area contributed by atoms with Gasteiger partial charge in [0.05, 0.1) is 10.4 Å². The van der Waals surface area contributed by atoms with Crippen LogP contribution in [0.15, 0.2) is 52.4 Å². The number of benzene rings is 2. The van der Waals surface area contributed by atoms with Crippen molar-refractivity contribution in [3.05, 3.63) is 64.9 Å². The fourth-order valence-corrected chi connectivity index (χ4v) is 7.45. The van der Waals surface area contributed by atoms with E-state index in [9.17, 15) is 0 Å². The van der Waals surface area contributed by atoms with Crippen LogP contribution in [0.2, 0.25) is 0 Å². The van der Waals surface area contributed by atoms with Crippen molar-refractivity contribution in [2.75, 3.05) is 0 Å². The number of pyridine rings is 1. The van der Waals surface area contributed by atoms with Crippen molar-refractivity contribution < 1.29 is 4.42 Å². The Morgan fingerprint density at radius 3 is 2.56 bits per heavy atom. The first-order valence-electron chi connectivity index (χ1n) is 12.0. The van der Waals surface area contributed by atoms with Crippen molar-refractivity contribution in [1.29, 1.82) is 0 Å². The first-order valence-corrected chi connectivity index (χ1v) is 13.7. The standard InChI is InChI=1S/C30H29NOS2/c1-16(2)13-22-17(3)32-27-20(22)7-8-21-25-24(34-29(21)27)9-11-31-26(25)19-14-18-10-12-33-28(18)23(15-19)30(4,5)6/h7-12,14-16H,13H2,1-6H3. The third kappa shape index (κ3) is 3.30. The molecule has 0 atom stereocenters. The van der Waals surface area contributed by atoms with Gasteiger partial charge >= 0.3 is 0 Å². The Balaban J connectivity index is 1.65. The van der Waals surface area contributed by atoms with E-state index < -0.39 is 0 Å². The predicted molar refractivity (Wildman–Crippen MR) is 150 cm³/mol. The summed E-state index contributed by atoms with van der Waals surface area (Å²) >= 11 is 3.66. The molecule has 4 heteroatoms. The SMILES string of the molecule is Cc1oc2c(ccc3c2sc2ccnc(-c4cc(C(C)(C)C)c5sccc5c4)c23)c1CC(C)C. The van der Waals surface area contributed by atoms with Crippen molar-refractivity contribution in [3.63, 3.8) is 0 Å². The Kier molecular flexibility index (Phi) is 4.91. The molecule has 0 unspecified atom stereocenters. The van der Waals surface area contributed by atoms with Crippen LogP contribution in [0.4, 0.5) is 0 Å². The number of hydrogen-bond donors (Lipinski definition) is 0. The minimum absolute atomic E-state index is 0.0639. The maximum atomic E-state index is 6.39. The molecule has 0 radical (unpaired) electrons. The largest absolute Gasteiger partial charge is 0.460 e. The van der Waals surface area contributed by atoms with Gasteiger partial charge in [-0.2, -0.15) is 0 Å². The molecule has 0 N–H and O–H groups in total. The fourth-order valence-electron chi connectivity index (χ4n) is 5.16. The molecule has 0 saturated heterocycles. The zero-order valence-corrected chi connectivity index (χ0v) is 22.2. The highest BCUT2D eigenvalue weighted by atomic mass is 32.1. The second-order valence-electron chi connectivity index (χ2n) is 10.8. The lowest BCUT2D eigenvalue weighted by Crippen LogP contribution is -2.11. The number of nitrogens with zero attached hydrogens (tertiary/aromatic N) is 1. The molecule has 34 heavy (non-hydrogen) atoms. The molecule has 6 rings (SSSR count). The highest BCUT2D eigenvalue weighted by molar-refractivity contribution is 7.26. The van der Waals surface area contributed by atoms with Gasteiger partial charge in [0, 0.05) is 42.9 Å². The summed E-state index contributed by atoms with van der Waals surface area (Å²) < 4.78 is 10.3. The van der Waals surface area contributed by atoms with Crippen LogP contribution in [0.3, 0.4) is 0 Å². The summed E-state index contributed by atoms with van der Waals surface area (Å²) in [6, 6.07) is 13.6. The molecule has 2 aromatic carbocycles. The molecule has 0 aliphatic carbocycles. The summed E-state index contributed by atoms with van der Waals surface area (Å²) in [5, 5.41) is 7.23. The van der Waals surface area contributed by atoms with Crippen LogP contribution in [0.5, 0.6) is 0 Å². The third-order valence-electron chi connectivity index (χ3n) is 6.76. The van der Waals surface area contributed by atoms with E-state index in [0.717, 1.165) is 23.5 Å². The predicted octanol–water partition coefficient (Wildman–Crippen LogP) is 9.88. The lowest BCUT2D eigenvalue weighted by molar-refractivity contribution is 0.562. The molecule has 0 bridgehead atoms. The van der Waals surface area contributed by atoms with Gasteiger partial charge in [0.2, 0.25) is 0 Å². The summed E-state index contributed by atoms with van der Waals surface area (Å²) in [5.74, 6) is 1.64. The average molecular weight is 484 g/mol. The third-order valence-corrected chi connectivity index (χ3v) is 8.89. The number of fused-ring (bicyclic) bond motifs is 6. The van der Waals surface area contributed by atoms with Gasteiger partial charge in [-0.25, -0.2) is 0 Å². The van der Waals surface area contributed by atoms with Crippen molar-refractivity contribution in [3.8, 4) is 11.3 Å². The molecule has 0 saturated carbocycles. The van der Waals surface area contributed by atoms with E-state index in [0.29, 0.717) is 5.92 Å². The number of aromatic nitrogens is 1. The van der Waals surface area contributed by atoms with Gasteiger partial charge in [-0.1, -0.05) is 46.8 Å². The van der Waals surface area contributed by atoms with Crippen molar-refractivity contribution in [2.45, 2.75) is 53.4 Å². The van der Waals surface area contributed by atoms with E-state index in [1.807, 2.05) is 28.9 Å². The molecule has 4 aromatic heterocycles. The Morgan fingerprint density at radius 1 is 1.00 bits per heavy atom. The Morgan fingerprint density at radius 2 is 1.79 bits per heavy atom. The molecule has 2 nitrogen and oxygen atoms in total. The van der Waals surface area contributed by atoms with Crippen LogP contribution in [-0.2, 0) is 11.8 Å². The van der Waals surface area contributed by atoms with Crippen molar-refractivity contribution in [2.24, 2.45) is 5.92 Å². The Hall–Kier alpha value is -2.69. The minimum atomic E-state index is 0.0639. The fraction of sp³-hybridized carbons (Fsp3) is 0.300. The molecule has 0 fully saturated rings.